The molecule has 12 rings (SSSR count). The number of fused-ring (bicyclic) bond motifs is 12. The summed E-state index contributed by atoms with van der Waals surface area (Å²) in [5.74, 6) is 0. The summed E-state index contributed by atoms with van der Waals surface area (Å²) in [6, 6.07) is 77.3. The van der Waals surface area contributed by atoms with Gasteiger partial charge < -0.3 is 9.80 Å². The van der Waals surface area contributed by atoms with Gasteiger partial charge in [0.25, 0.3) is 0 Å². The van der Waals surface area contributed by atoms with Crippen LogP contribution < -0.4 is 9.80 Å². The smallest absolute Gasteiger partial charge is 0.0725 e. The summed E-state index contributed by atoms with van der Waals surface area (Å²) in [4.78, 5) is 4.82. The Balaban J connectivity index is 1.10. The molecule has 0 N–H and O–H groups in total. The van der Waals surface area contributed by atoms with Crippen LogP contribution >= 0.6 is 0 Å². The first-order valence-electron chi connectivity index (χ1n) is 22.1. The van der Waals surface area contributed by atoms with Gasteiger partial charge in [-0.25, -0.2) is 0 Å². The van der Waals surface area contributed by atoms with Crippen LogP contribution in [0.5, 0.6) is 0 Å². The van der Waals surface area contributed by atoms with Gasteiger partial charge in [-0.3, -0.25) is 0 Å². The van der Waals surface area contributed by atoms with Crippen molar-refractivity contribution < 1.29 is 0 Å². The van der Waals surface area contributed by atoms with E-state index in [4.69, 9.17) is 0 Å². The fourth-order valence-corrected chi connectivity index (χ4v) is 11.0. The van der Waals surface area contributed by atoms with Crippen molar-refractivity contribution >= 4 is 55.7 Å². The Hall–Kier alpha value is -7.68. The van der Waals surface area contributed by atoms with Gasteiger partial charge in [0.2, 0.25) is 0 Å². The molecule has 0 saturated heterocycles. The quantitative estimate of drug-likeness (QED) is 0.165. The number of benzene rings is 10. The summed E-state index contributed by atoms with van der Waals surface area (Å²) in [7, 11) is 0. The summed E-state index contributed by atoms with van der Waals surface area (Å²) in [6.45, 7) is 8.78. The fourth-order valence-electron chi connectivity index (χ4n) is 11.0. The van der Waals surface area contributed by atoms with E-state index in [1.165, 1.54) is 99.7 Å². The molecule has 0 unspecified atom stereocenters. The van der Waals surface area contributed by atoms with Gasteiger partial charge in [-0.15, -0.1) is 0 Å². The summed E-state index contributed by atoms with van der Waals surface area (Å²) < 4.78 is 0. The van der Waals surface area contributed by atoms with Crippen LogP contribution in [0.3, 0.4) is 0 Å². The molecule has 2 nitrogen and oxygen atoms in total. The number of anilines is 6. The monoisotopic (exact) mass is 806 g/mol. The summed E-state index contributed by atoms with van der Waals surface area (Å²) in [5.41, 5.74) is 22.1. The number of hydrogen-bond acceptors (Lipinski definition) is 2. The number of hydrogen-bond donors (Lipinski definition) is 0. The van der Waals surface area contributed by atoms with Crippen molar-refractivity contribution in [3.63, 3.8) is 0 Å². The lowest BCUT2D eigenvalue weighted by molar-refractivity contribution is 0.796. The normalized spacial score (nSPS) is 12.9. The van der Waals surface area contributed by atoms with Gasteiger partial charge in [0.1, 0.15) is 0 Å². The number of para-hydroxylation sites is 2. The molecule has 0 aromatic heterocycles. The van der Waals surface area contributed by atoms with Gasteiger partial charge in [0.05, 0.1) is 5.41 Å². The molecule has 10 aromatic rings. The Bertz CT molecular complexity index is 3220. The minimum atomic E-state index is -0.494. The van der Waals surface area contributed by atoms with Crippen molar-refractivity contribution in [3.05, 3.63) is 251 Å². The van der Waals surface area contributed by atoms with Crippen LogP contribution in [0.2, 0.25) is 0 Å². The van der Waals surface area contributed by atoms with E-state index in [-0.39, 0.29) is 0 Å². The van der Waals surface area contributed by atoms with Gasteiger partial charge in [0.15, 0.2) is 0 Å². The highest BCUT2D eigenvalue weighted by atomic mass is 15.1. The molecule has 1 spiro atoms. The molecule has 0 radical (unpaired) electrons. The lowest BCUT2D eigenvalue weighted by Crippen LogP contribution is -2.25. The summed E-state index contributed by atoms with van der Waals surface area (Å²) in [6.07, 6.45) is 0. The molecule has 0 amide bonds. The Morgan fingerprint density at radius 3 is 1.13 bits per heavy atom. The van der Waals surface area contributed by atoms with E-state index in [0.29, 0.717) is 0 Å². The zero-order valence-electron chi connectivity index (χ0n) is 36.0. The average Bonchev–Trinajstić information content (AvgIpc) is 3.76. The predicted octanol–water partition coefficient (Wildman–Crippen LogP) is 16.5. The third-order valence-electron chi connectivity index (χ3n) is 13.7. The highest BCUT2D eigenvalue weighted by Crippen LogP contribution is 2.64. The Morgan fingerprint density at radius 2 is 0.698 bits per heavy atom. The van der Waals surface area contributed by atoms with Gasteiger partial charge >= 0.3 is 0 Å². The maximum absolute atomic E-state index is 2.52. The predicted molar refractivity (Wildman–Crippen MR) is 266 cm³/mol. The number of nitrogens with zero attached hydrogens (tertiary/aromatic N) is 2. The molecule has 0 atom stereocenters. The first kappa shape index (κ1) is 37.1. The lowest BCUT2D eigenvalue weighted by atomic mass is 9.70. The largest absolute Gasteiger partial charge is 0.310 e. The number of aryl methyl sites for hydroxylation is 4. The van der Waals surface area contributed by atoms with Crippen molar-refractivity contribution in [2.45, 2.75) is 33.1 Å². The molecular weight excluding hydrogens is 761 g/mol. The van der Waals surface area contributed by atoms with E-state index in [0.717, 1.165) is 22.7 Å². The zero-order chi connectivity index (χ0) is 42.4. The maximum Gasteiger partial charge on any atom is 0.0725 e. The van der Waals surface area contributed by atoms with Crippen molar-refractivity contribution in [3.8, 4) is 22.3 Å². The van der Waals surface area contributed by atoms with Crippen molar-refractivity contribution in [2.75, 3.05) is 9.80 Å². The molecule has 0 saturated carbocycles. The van der Waals surface area contributed by atoms with Crippen LogP contribution in [0.15, 0.2) is 206 Å². The van der Waals surface area contributed by atoms with Crippen LogP contribution in [-0.4, -0.2) is 0 Å². The van der Waals surface area contributed by atoms with E-state index in [2.05, 4.69) is 244 Å². The zero-order valence-corrected chi connectivity index (χ0v) is 36.0. The Kier molecular flexibility index (Phi) is 8.36. The minimum absolute atomic E-state index is 0.494. The molecular formula is C61H46N2. The fraction of sp³-hybridized carbons (Fsp3) is 0.0820. The standard InChI is InChI=1S/C61H46N2/c1-39-23-29-59(41(3)31-39)62(47-15-7-5-8-16-47)49-27-25-43-35-53-54-36-44-26-28-50(63(48-17-9-6-10-18-48)60-30-24-40(2)32-42(60)4)34-46(44)38-58(54)61(57(53)37-45(43)33-49)55-21-13-11-19-51(55)52-20-12-14-22-56(52)61/h5-38H,1-4H3. The lowest BCUT2D eigenvalue weighted by Gasteiger charge is -2.31. The van der Waals surface area contributed by atoms with Crippen LogP contribution in [0.1, 0.15) is 44.5 Å². The summed E-state index contributed by atoms with van der Waals surface area (Å²) in [5, 5.41) is 4.92. The first-order valence-corrected chi connectivity index (χ1v) is 22.1. The maximum atomic E-state index is 2.52. The molecule has 0 bridgehead atoms. The minimum Gasteiger partial charge on any atom is -0.310 e. The third kappa shape index (κ3) is 5.64. The molecule has 0 aliphatic heterocycles. The van der Waals surface area contributed by atoms with Gasteiger partial charge in [0, 0.05) is 34.1 Å². The van der Waals surface area contributed by atoms with Crippen LogP contribution in [0.4, 0.5) is 34.1 Å². The molecule has 10 aromatic carbocycles. The first-order chi connectivity index (χ1) is 30.9. The summed E-state index contributed by atoms with van der Waals surface area (Å²) >= 11 is 0. The second-order valence-electron chi connectivity index (χ2n) is 17.6. The molecule has 2 aliphatic rings. The molecule has 0 heterocycles. The second-order valence-corrected chi connectivity index (χ2v) is 17.6. The van der Waals surface area contributed by atoms with Gasteiger partial charge in [-0.1, -0.05) is 132 Å². The molecule has 2 aliphatic carbocycles. The average molecular weight is 807 g/mol. The highest BCUT2D eigenvalue weighted by molar-refractivity contribution is 6.04. The third-order valence-corrected chi connectivity index (χ3v) is 13.7. The topological polar surface area (TPSA) is 6.48 Å². The van der Waals surface area contributed by atoms with E-state index < -0.39 is 5.41 Å². The van der Waals surface area contributed by atoms with Crippen LogP contribution in [-0.2, 0) is 5.41 Å². The van der Waals surface area contributed by atoms with Crippen molar-refractivity contribution in [2.24, 2.45) is 0 Å². The molecule has 2 heteroatoms. The van der Waals surface area contributed by atoms with E-state index in [1.807, 2.05) is 0 Å². The van der Waals surface area contributed by atoms with Gasteiger partial charge in [-0.05, 0) is 190 Å². The second kappa shape index (κ2) is 14.2. The van der Waals surface area contributed by atoms with Crippen LogP contribution in [0.25, 0.3) is 43.8 Å². The van der Waals surface area contributed by atoms with Crippen LogP contribution in [0, 0.1) is 27.7 Å². The molecule has 300 valence electrons. The van der Waals surface area contributed by atoms with E-state index in [1.54, 1.807) is 0 Å². The molecule has 63 heavy (non-hydrogen) atoms. The van der Waals surface area contributed by atoms with E-state index in [9.17, 15) is 0 Å². The Labute approximate surface area is 370 Å². The Morgan fingerprint density at radius 1 is 0.286 bits per heavy atom. The van der Waals surface area contributed by atoms with Gasteiger partial charge in [-0.2, -0.15) is 0 Å². The van der Waals surface area contributed by atoms with Crippen molar-refractivity contribution in [1.82, 2.24) is 0 Å². The van der Waals surface area contributed by atoms with Crippen molar-refractivity contribution in [1.29, 1.82) is 0 Å². The molecule has 0 fully saturated rings. The SMILES string of the molecule is Cc1ccc(N(c2ccccc2)c2ccc3cc4c(cc3c2)C2(c3ccccc3-c3ccccc32)c2cc3cc(N(c5ccccc5)c5ccc(C)cc5C)ccc3cc2-4)c(C)c1. The van der Waals surface area contributed by atoms with E-state index >= 15 is 0 Å². The highest BCUT2D eigenvalue weighted by Gasteiger charge is 2.51. The number of rotatable bonds is 6.